The molecule has 1 atom stereocenters. The molecule has 0 aromatic heterocycles. The summed E-state index contributed by atoms with van der Waals surface area (Å²) in [6.07, 6.45) is 0. The Bertz CT molecular complexity index is 654. The fraction of sp³-hybridized carbons (Fsp3) is 0.316. The highest BCUT2D eigenvalue weighted by molar-refractivity contribution is 7.99. The molecule has 0 fully saturated rings. The number of benzene rings is 2. The van der Waals surface area contributed by atoms with Gasteiger partial charge in [-0.1, -0.05) is 37.7 Å². The SMILES string of the molecule is COCC(N)C(=O)Nc1ccc(Sc2ccc(C(C)C)cc2)cc1. The molecule has 2 rings (SSSR count). The number of anilines is 1. The first-order valence-corrected chi connectivity index (χ1v) is 8.74. The normalized spacial score (nSPS) is 12.2. The molecule has 3 N–H and O–H groups in total. The van der Waals surface area contributed by atoms with Gasteiger partial charge in [-0.15, -0.1) is 0 Å². The van der Waals surface area contributed by atoms with Crippen molar-refractivity contribution < 1.29 is 9.53 Å². The molecule has 2 aromatic carbocycles. The quantitative estimate of drug-likeness (QED) is 0.800. The predicted molar refractivity (Wildman–Crippen MR) is 99.6 cm³/mol. The van der Waals surface area contributed by atoms with Crippen LogP contribution in [-0.2, 0) is 9.53 Å². The number of nitrogens with one attached hydrogen (secondary N) is 1. The maximum Gasteiger partial charge on any atom is 0.243 e. The van der Waals surface area contributed by atoms with Crippen LogP contribution in [0.1, 0.15) is 25.3 Å². The number of rotatable bonds is 7. The van der Waals surface area contributed by atoms with Crippen LogP contribution in [-0.4, -0.2) is 25.7 Å². The Kier molecular flexibility index (Phi) is 6.85. The van der Waals surface area contributed by atoms with Crippen molar-refractivity contribution in [3.63, 3.8) is 0 Å². The molecular weight excluding hydrogens is 320 g/mol. The van der Waals surface area contributed by atoms with Gasteiger partial charge < -0.3 is 15.8 Å². The highest BCUT2D eigenvalue weighted by Gasteiger charge is 2.12. The number of ether oxygens (including phenoxy) is 1. The zero-order chi connectivity index (χ0) is 17.5. The number of carbonyl (C=O) groups is 1. The van der Waals surface area contributed by atoms with Crippen LogP contribution in [0, 0.1) is 0 Å². The zero-order valence-electron chi connectivity index (χ0n) is 14.3. The monoisotopic (exact) mass is 344 g/mol. The van der Waals surface area contributed by atoms with Crippen LogP contribution >= 0.6 is 11.8 Å². The van der Waals surface area contributed by atoms with Gasteiger partial charge in [0.05, 0.1) is 6.61 Å². The average Bonchev–Trinajstić information content (AvgIpc) is 2.57. The Morgan fingerprint density at radius 2 is 1.62 bits per heavy atom. The maximum absolute atomic E-state index is 11.8. The lowest BCUT2D eigenvalue weighted by atomic mass is 10.0. The van der Waals surface area contributed by atoms with Gasteiger partial charge in [0.1, 0.15) is 6.04 Å². The van der Waals surface area contributed by atoms with Crippen molar-refractivity contribution in [3.8, 4) is 0 Å². The highest BCUT2D eigenvalue weighted by atomic mass is 32.2. The Balaban J connectivity index is 1.95. The van der Waals surface area contributed by atoms with Crippen molar-refractivity contribution >= 4 is 23.4 Å². The summed E-state index contributed by atoms with van der Waals surface area (Å²) in [4.78, 5) is 14.2. The van der Waals surface area contributed by atoms with Crippen LogP contribution < -0.4 is 11.1 Å². The van der Waals surface area contributed by atoms with Gasteiger partial charge in [0.15, 0.2) is 0 Å². The summed E-state index contributed by atoms with van der Waals surface area (Å²) in [5.41, 5.74) is 7.77. The lowest BCUT2D eigenvalue weighted by molar-refractivity contribution is -0.118. The van der Waals surface area contributed by atoms with E-state index in [2.05, 4.69) is 43.4 Å². The third kappa shape index (κ3) is 5.37. The molecule has 1 unspecified atom stereocenters. The molecule has 0 aliphatic carbocycles. The van der Waals surface area contributed by atoms with Gasteiger partial charge in [0.2, 0.25) is 5.91 Å². The molecular formula is C19H24N2O2S. The van der Waals surface area contributed by atoms with Crippen LogP contribution in [0.3, 0.4) is 0 Å². The molecule has 0 radical (unpaired) electrons. The van der Waals surface area contributed by atoms with Gasteiger partial charge in [0, 0.05) is 22.6 Å². The molecule has 0 saturated carbocycles. The zero-order valence-corrected chi connectivity index (χ0v) is 15.1. The second-order valence-corrected chi connectivity index (χ2v) is 7.05. The van der Waals surface area contributed by atoms with Crippen LogP contribution in [0.5, 0.6) is 0 Å². The van der Waals surface area contributed by atoms with Crippen molar-refractivity contribution in [2.75, 3.05) is 19.0 Å². The molecule has 4 nitrogen and oxygen atoms in total. The van der Waals surface area contributed by atoms with Gasteiger partial charge in [-0.3, -0.25) is 4.79 Å². The Morgan fingerprint density at radius 1 is 1.08 bits per heavy atom. The number of nitrogens with two attached hydrogens (primary N) is 1. The largest absolute Gasteiger partial charge is 0.383 e. The Hall–Kier alpha value is -1.82. The molecule has 0 bridgehead atoms. The van der Waals surface area contributed by atoms with E-state index in [-0.39, 0.29) is 12.5 Å². The van der Waals surface area contributed by atoms with E-state index in [0.717, 1.165) is 10.6 Å². The summed E-state index contributed by atoms with van der Waals surface area (Å²) in [5, 5.41) is 2.78. The minimum absolute atomic E-state index is 0.201. The van der Waals surface area contributed by atoms with E-state index in [9.17, 15) is 4.79 Å². The highest BCUT2D eigenvalue weighted by Crippen LogP contribution is 2.29. The van der Waals surface area contributed by atoms with Crippen LogP contribution in [0.15, 0.2) is 58.3 Å². The van der Waals surface area contributed by atoms with E-state index < -0.39 is 6.04 Å². The fourth-order valence-electron chi connectivity index (χ4n) is 2.15. The molecule has 2 aromatic rings. The predicted octanol–water partition coefficient (Wildman–Crippen LogP) is 3.87. The number of hydrogen-bond donors (Lipinski definition) is 2. The number of amides is 1. The van der Waals surface area contributed by atoms with Crippen LogP contribution in [0.2, 0.25) is 0 Å². The molecule has 5 heteroatoms. The third-order valence-electron chi connectivity index (χ3n) is 3.59. The summed E-state index contributed by atoms with van der Waals surface area (Å²) in [6.45, 7) is 4.58. The summed E-state index contributed by atoms with van der Waals surface area (Å²) >= 11 is 1.69. The van der Waals surface area contributed by atoms with Crippen molar-refractivity contribution in [3.05, 3.63) is 54.1 Å². The van der Waals surface area contributed by atoms with E-state index in [0.29, 0.717) is 5.92 Å². The van der Waals surface area contributed by atoms with E-state index in [1.54, 1.807) is 11.8 Å². The topological polar surface area (TPSA) is 64.3 Å². The molecule has 0 aliphatic heterocycles. The van der Waals surface area contributed by atoms with Crippen molar-refractivity contribution in [1.82, 2.24) is 0 Å². The molecule has 0 aliphatic rings. The summed E-state index contributed by atoms with van der Waals surface area (Å²) < 4.78 is 4.88. The third-order valence-corrected chi connectivity index (χ3v) is 4.60. The molecule has 0 spiro atoms. The Morgan fingerprint density at radius 3 is 2.12 bits per heavy atom. The smallest absolute Gasteiger partial charge is 0.243 e. The van der Waals surface area contributed by atoms with Gasteiger partial charge in [-0.05, 0) is 47.9 Å². The second kappa shape index (κ2) is 8.87. The average molecular weight is 344 g/mol. The summed E-state index contributed by atoms with van der Waals surface area (Å²) in [6, 6.07) is 15.7. The molecule has 24 heavy (non-hydrogen) atoms. The maximum atomic E-state index is 11.8. The van der Waals surface area contributed by atoms with Gasteiger partial charge >= 0.3 is 0 Å². The van der Waals surface area contributed by atoms with Gasteiger partial charge in [-0.2, -0.15) is 0 Å². The van der Waals surface area contributed by atoms with E-state index in [4.69, 9.17) is 10.5 Å². The molecule has 128 valence electrons. The van der Waals surface area contributed by atoms with E-state index >= 15 is 0 Å². The lowest BCUT2D eigenvalue weighted by Crippen LogP contribution is -2.39. The summed E-state index contributed by atoms with van der Waals surface area (Å²) in [5.74, 6) is 0.290. The lowest BCUT2D eigenvalue weighted by Gasteiger charge is -2.11. The standard InChI is InChI=1S/C19H24N2O2S/c1-13(2)14-4-8-16(9-5-14)24-17-10-6-15(7-11-17)21-19(22)18(20)12-23-3/h4-11,13,18H,12,20H2,1-3H3,(H,21,22). The number of carbonyl (C=O) groups excluding carboxylic acids is 1. The summed E-state index contributed by atoms with van der Waals surface area (Å²) in [7, 11) is 1.52. The fourth-order valence-corrected chi connectivity index (χ4v) is 2.97. The van der Waals surface area contributed by atoms with Crippen molar-refractivity contribution in [1.29, 1.82) is 0 Å². The minimum atomic E-state index is -0.663. The van der Waals surface area contributed by atoms with Crippen molar-refractivity contribution in [2.24, 2.45) is 5.73 Å². The van der Waals surface area contributed by atoms with E-state index in [1.807, 2.05) is 24.3 Å². The molecule has 0 saturated heterocycles. The van der Waals surface area contributed by atoms with Gasteiger partial charge in [0.25, 0.3) is 0 Å². The number of hydrogen-bond acceptors (Lipinski definition) is 4. The van der Waals surface area contributed by atoms with Gasteiger partial charge in [-0.25, -0.2) is 0 Å². The first-order valence-electron chi connectivity index (χ1n) is 7.93. The second-order valence-electron chi connectivity index (χ2n) is 5.90. The first-order chi connectivity index (χ1) is 11.5. The molecule has 1 amide bonds. The van der Waals surface area contributed by atoms with Crippen LogP contribution in [0.25, 0.3) is 0 Å². The van der Waals surface area contributed by atoms with E-state index in [1.165, 1.54) is 17.6 Å². The molecule has 0 heterocycles. The number of methoxy groups -OCH3 is 1. The van der Waals surface area contributed by atoms with Crippen LogP contribution in [0.4, 0.5) is 5.69 Å². The first kappa shape index (κ1) is 18.5. The van der Waals surface area contributed by atoms with Crippen molar-refractivity contribution in [2.45, 2.75) is 35.6 Å². The minimum Gasteiger partial charge on any atom is -0.383 e. The Labute approximate surface area is 147 Å².